The smallest absolute Gasteiger partial charge is 0.340 e. The van der Waals surface area contributed by atoms with Gasteiger partial charge >= 0.3 is 5.97 Å². The number of ether oxygens (including phenoxy) is 1. The molecule has 1 aromatic heterocycles. The zero-order valence-corrected chi connectivity index (χ0v) is 18.6. The van der Waals surface area contributed by atoms with Crippen LogP contribution in [0.1, 0.15) is 48.8 Å². The summed E-state index contributed by atoms with van der Waals surface area (Å²) in [6.45, 7) is 7.48. The minimum atomic E-state index is -3.10. The molecule has 158 valence electrons. The van der Waals surface area contributed by atoms with E-state index < -0.39 is 21.1 Å². The maximum atomic E-state index is 12.9. The Morgan fingerprint density at radius 1 is 1.45 bits per heavy atom. The second-order valence-corrected chi connectivity index (χ2v) is 10.3. The Labute approximate surface area is 175 Å². The van der Waals surface area contributed by atoms with Gasteiger partial charge in [-0.25, -0.2) is 18.2 Å². The first kappa shape index (κ1) is 23.2. The first-order valence-corrected chi connectivity index (χ1v) is 12.1. The maximum Gasteiger partial charge on any atom is 0.340 e. The van der Waals surface area contributed by atoms with Crippen LogP contribution in [0, 0.1) is 18.3 Å². The molecule has 1 aromatic rings. The van der Waals surface area contributed by atoms with Crippen LogP contribution in [0.5, 0.6) is 0 Å². The van der Waals surface area contributed by atoms with Crippen molar-refractivity contribution in [3.63, 3.8) is 0 Å². The number of amides is 1. The number of hydrogen-bond donors (Lipinski definition) is 0. The highest BCUT2D eigenvalue weighted by Gasteiger charge is 2.35. The predicted molar refractivity (Wildman–Crippen MR) is 109 cm³/mol. The highest BCUT2D eigenvalue weighted by molar-refractivity contribution is 8.00. The van der Waals surface area contributed by atoms with Crippen LogP contribution in [0.25, 0.3) is 0 Å². The number of nitriles is 1. The molecule has 10 heteroatoms. The minimum Gasteiger partial charge on any atom is -0.462 e. The lowest BCUT2D eigenvalue weighted by molar-refractivity contribution is -0.131. The molecule has 1 saturated heterocycles. The topological polar surface area (TPSA) is 117 Å². The molecular formula is C19H25N3O5S2. The first-order valence-electron chi connectivity index (χ1n) is 9.39. The van der Waals surface area contributed by atoms with Crippen molar-refractivity contribution in [2.24, 2.45) is 0 Å². The lowest BCUT2D eigenvalue weighted by Gasteiger charge is -2.29. The Kier molecular flexibility index (Phi) is 7.66. The zero-order chi connectivity index (χ0) is 21.8. The fraction of sp³-hybridized carbons (Fsp3) is 0.579. The van der Waals surface area contributed by atoms with Gasteiger partial charge in [-0.3, -0.25) is 4.79 Å². The van der Waals surface area contributed by atoms with Gasteiger partial charge in [0.05, 0.1) is 40.2 Å². The molecule has 1 fully saturated rings. The van der Waals surface area contributed by atoms with E-state index >= 15 is 0 Å². The molecule has 2 rings (SSSR count). The molecule has 0 aromatic carbocycles. The molecule has 29 heavy (non-hydrogen) atoms. The number of hydrogen-bond acceptors (Lipinski definition) is 8. The normalized spacial score (nSPS) is 18.7. The molecule has 0 bridgehead atoms. The van der Waals surface area contributed by atoms with Crippen LogP contribution >= 0.6 is 11.8 Å². The number of aryl methyl sites for hydroxylation is 1. The van der Waals surface area contributed by atoms with E-state index in [2.05, 4.69) is 4.98 Å². The van der Waals surface area contributed by atoms with Crippen LogP contribution in [0.2, 0.25) is 0 Å². The number of nitrogens with zero attached hydrogens (tertiary/aromatic N) is 3. The van der Waals surface area contributed by atoms with Crippen LogP contribution in [0.3, 0.4) is 0 Å². The van der Waals surface area contributed by atoms with Crippen LogP contribution < -0.4 is 0 Å². The van der Waals surface area contributed by atoms with E-state index in [9.17, 15) is 23.3 Å². The van der Waals surface area contributed by atoms with Gasteiger partial charge < -0.3 is 9.64 Å². The quantitative estimate of drug-likeness (QED) is 0.467. The summed E-state index contributed by atoms with van der Waals surface area (Å²) in [6.07, 6.45) is 0.439. The zero-order valence-electron chi connectivity index (χ0n) is 17.0. The molecule has 1 aliphatic rings. The van der Waals surface area contributed by atoms with Gasteiger partial charge in [0.15, 0.2) is 9.84 Å². The predicted octanol–water partition coefficient (Wildman–Crippen LogP) is 1.95. The van der Waals surface area contributed by atoms with Gasteiger partial charge in [0.25, 0.3) is 0 Å². The number of rotatable bonds is 7. The number of thioether (sulfide) groups is 1. The van der Waals surface area contributed by atoms with Crippen molar-refractivity contribution in [1.29, 1.82) is 5.26 Å². The Morgan fingerprint density at radius 2 is 2.14 bits per heavy atom. The summed E-state index contributed by atoms with van der Waals surface area (Å²) in [5, 5.41) is 9.26. The summed E-state index contributed by atoms with van der Waals surface area (Å²) in [6, 6.07) is 3.13. The molecule has 8 nitrogen and oxygen atoms in total. The summed E-state index contributed by atoms with van der Waals surface area (Å²) in [5.74, 6) is -0.664. The molecule has 1 amide bonds. The third-order valence-corrected chi connectivity index (χ3v) is 7.54. The van der Waals surface area contributed by atoms with Crippen LogP contribution in [0.4, 0.5) is 0 Å². The molecular weight excluding hydrogens is 414 g/mol. The van der Waals surface area contributed by atoms with Crippen LogP contribution in [0.15, 0.2) is 11.1 Å². The Balaban J connectivity index is 2.21. The third-order valence-electron chi connectivity index (χ3n) is 4.70. The van der Waals surface area contributed by atoms with Crippen molar-refractivity contribution < 1.29 is 22.7 Å². The van der Waals surface area contributed by atoms with Gasteiger partial charge in [0.2, 0.25) is 5.91 Å². The van der Waals surface area contributed by atoms with Crippen molar-refractivity contribution in [3.8, 4) is 6.07 Å². The monoisotopic (exact) mass is 439 g/mol. The summed E-state index contributed by atoms with van der Waals surface area (Å²) in [4.78, 5) is 30.9. The number of carbonyl (C=O) groups excluding carboxylic acids is 2. The summed E-state index contributed by atoms with van der Waals surface area (Å²) >= 11 is 1.13. The Morgan fingerprint density at radius 3 is 2.66 bits per heavy atom. The molecule has 2 heterocycles. The number of aromatic nitrogens is 1. The van der Waals surface area contributed by atoms with Crippen LogP contribution in [-0.2, 0) is 19.4 Å². The van der Waals surface area contributed by atoms with Gasteiger partial charge in [-0.1, -0.05) is 11.8 Å². The summed E-state index contributed by atoms with van der Waals surface area (Å²) in [5.41, 5.74) is 0.826. The second kappa shape index (κ2) is 9.59. The fourth-order valence-electron chi connectivity index (χ4n) is 3.24. The minimum absolute atomic E-state index is 0.0149. The van der Waals surface area contributed by atoms with Gasteiger partial charge in [0, 0.05) is 12.6 Å². The van der Waals surface area contributed by atoms with E-state index in [-0.39, 0.29) is 41.2 Å². The van der Waals surface area contributed by atoms with Gasteiger partial charge in [-0.15, -0.1) is 0 Å². The second-order valence-electron chi connectivity index (χ2n) is 6.75. The summed E-state index contributed by atoms with van der Waals surface area (Å²) in [7, 11) is -3.10. The molecule has 0 radical (unpaired) electrons. The molecule has 0 unspecified atom stereocenters. The van der Waals surface area contributed by atoms with Crippen molar-refractivity contribution >= 4 is 33.5 Å². The highest BCUT2D eigenvalue weighted by Crippen LogP contribution is 2.29. The Hall–Kier alpha value is -2.12. The SMILES string of the molecule is CCOC(=O)c1cc(C#N)c(S[C@H](C)C(=O)N(CC)[C@@H]2CCS(=O)(=O)C2)nc1C. The lowest BCUT2D eigenvalue weighted by Crippen LogP contribution is -2.44. The average molecular weight is 440 g/mol. The van der Waals surface area contributed by atoms with E-state index in [4.69, 9.17) is 4.74 Å². The molecule has 1 aliphatic heterocycles. The molecule has 0 spiro atoms. The number of carbonyl (C=O) groups is 2. The van der Waals surface area contributed by atoms with E-state index in [0.717, 1.165) is 11.8 Å². The molecule has 2 atom stereocenters. The van der Waals surface area contributed by atoms with Crippen molar-refractivity contribution in [2.45, 2.75) is 50.4 Å². The van der Waals surface area contributed by atoms with E-state index in [1.54, 1.807) is 25.7 Å². The lowest BCUT2D eigenvalue weighted by atomic mass is 10.1. The van der Waals surface area contributed by atoms with Crippen LogP contribution in [-0.4, -0.2) is 66.1 Å². The fourth-order valence-corrected chi connectivity index (χ4v) is 5.96. The van der Waals surface area contributed by atoms with E-state index in [1.165, 1.54) is 6.07 Å². The first-order chi connectivity index (χ1) is 13.6. The maximum absolute atomic E-state index is 12.9. The third kappa shape index (κ3) is 5.48. The van der Waals surface area contributed by atoms with Gasteiger partial charge in [-0.2, -0.15) is 5.26 Å². The van der Waals surface area contributed by atoms with Crippen molar-refractivity contribution in [3.05, 3.63) is 22.9 Å². The van der Waals surface area contributed by atoms with Crippen molar-refractivity contribution in [1.82, 2.24) is 9.88 Å². The van der Waals surface area contributed by atoms with Crippen molar-refractivity contribution in [2.75, 3.05) is 24.7 Å². The molecule has 0 aliphatic carbocycles. The number of esters is 1. The number of sulfone groups is 1. The highest BCUT2D eigenvalue weighted by atomic mass is 32.2. The molecule has 0 N–H and O–H groups in total. The van der Waals surface area contributed by atoms with Gasteiger partial charge in [-0.05, 0) is 40.2 Å². The standard InChI is InChI=1S/C19H25N3O5S2/c1-5-22(15-7-8-29(25,26)11-15)18(23)13(4)28-17-14(10-20)9-16(12(3)21-17)19(24)27-6-2/h9,13,15H,5-8,11H2,1-4H3/t13-,15-/m1/s1. The van der Waals surface area contributed by atoms with Gasteiger partial charge in [0.1, 0.15) is 11.1 Å². The number of pyridine rings is 1. The molecule has 0 saturated carbocycles. The van der Waals surface area contributed by atoms with E-state index in [0.29, 0.717) is 23.7 Å². The van der Waals surface area contributed by atoms with E-state index in [1.807, 2.05) is 13.0 Å². The average Bonchev–Trinajstić information content (AvgIpc) is 3.02. The Bertz CT molecular complexity index is 940. The summed E-state index contributed by atoms with van der Waals surface area (Å²) < 4.78 is 28.5. The largest absolute Gasteiger partial charge is 0.462 e.